The number of piperidine rings is 1. The van der Waals surface area contributed by atoms with Gasteiger partial charge in [0.2, 0.25) is 0 Å². The summed E-state index contributed by atoms with van der Waals surface area (Å²) in [6.45, 7) is 5.51. The quantitative estimate of drug-likeness (QED) is 0.743. The number of amides is 1. The fourth-order valence-electron chi connectivity index (χ4n) is 3.84. The zero-order chi connectivity index (χ0) is 19.5. The van der Waals surface area contributed by atoms with Gasteiger partial charge >= 0.3 is 0 Å². The summed E-state index contributed by atoms with van der Waals surface area (Å²) in [7, 11) is 0. The summed E-state index contributed by atoms with van der Waals surface area (Å²) in [6.07, 6.45) is 1.77. The first-order valence-electron chi connectivity index (χ1n) is 9.76. The maximum atomic E-state index is 12.5. The third-order valence-electron chi connectivity index (χ3n) is 5.47. The molecule has 2 aliphatic rings. The van der Waals surface area contributed by atoms with Gasteiger partial charge < -0.3 is 19.5 Å². The first-order chi connectivity index (χ1) is 13.6. The molecule has 8 nitrogen and oxygen atoms in total. The number of hydrogen-bond acceptors (Lipinski definition) is 6. The van der Waals surface area contributed by atoms with Crippen LogP contribution in [0.2, 0.25) is 0 Å². The molecule has 0 saturated carbocycles. The average Bonchev–Trinajstić information content (AvgIpc) is 3.16. The summed E-state index contributed by atoms with van der Waals surface area (Å²) in [5, 5.41) is 12.0. The fraction of sp³-hybridized carbons (Fsp3) is 0.500. The molecule has 156 valence electrons. The van der Waals surface area contributed by atoms with E-state index in [1.54, 1.807) is 24.3 Å². The fourth-order valence-corrected chi connectivity index (χ4v) is 3.84. The molecule has 1 aromatic carbocycles. The number of carbonyl (C=O) groups excluding carboxylic acids is 2. The number of aromatic nitrogens is 3. The predicted octanol–water partition coefficient (Wildman–Crippen LogP) is 1.79. The largest absolute Gasteiger partial charge is 0.484 e. The highest BCUT2D eigenvalue weighted by molar-refractivity contribution is 5.94. The van der Waals surface area contributed by atoms with Crippen LogP contribution in [0.4, 0.5) is 0 Å². The Labute approximate surface area is 176 Å². The Bertz CT molecular complexity index is 877. The van der Waals surface area contributed by atoms with Crippen molar-refractivity contribution in [2.45, 2.75) is 38.8 Å². The number of ketones is 1. The van der Waals surface area contributed by atoms with E-state index in [-0.39, 0.29) is 30.7 Å². The number of benzene rings is 1. The van der Waals surface area contributed by atoms with Crippen LogP contribution in [0.5, 0.6) is 5.75 Å². The molecule has 3 heterocycles. The molecule has 0 atom stereocenters. The third-order valence-corrected chi connectivity index (χ3v) is 5.47. The summed E-state index contributed by atoms with van der Waals surface area (Å²) < 4.78 is 7.83. The molecule has 0 aliphatic carbocycles. The van der Waals surface area contributed by atoms with E-state index in [1.807, 2.05) is 4.90 Å². The smallest absolute Gasteiger partial charge is 0.260 e. The van der Waals surface area contributed by atoms with Gasteiger partial charge in [0, 0.05) is 37.7 Å². The SMILES string of the molecule is CC(=O)c1cccc(OCC(=O)N2CCC(c3nnc4n3CCNC4)CC2)c1.Cl. The minimum Gasteiger partial charge on any atom is -0.484 e. The highest BCUT2D eigenvalue weighted by atomic mass is 35.5. The zero-order valence-corrected chi connectivity index (χ0v) is 17.3. The number of fused-ring (bicyclic) bond motifs is 1. The van der Waals surface area contributed by atoms with Gasteiger partial charge in [-0.25, -0.2) is 0 Å². The third kappa shape index (κ3) is 4.76. The molecule has 1 amide bonds. The van der Waals surface area contributed by atoms with Crippen LogP contribution in [-0.2, 0) is 17.9 Å². The normalized spacial score (nSPS) is 16.7. The van der Waals surface area contributed by atoms with Gasteiger partial charge in [0.05, 0.1) is 6.54 Å². The molecule has 1 aromatic heterocycles. The lowest BCUT2D eigenvalue weighted by Crippen LogP contribution is -2.41. The van der Waals surface area contributed by atoms with E-state index in [4.69, 9.17) is 4.74 Å². The predicted molar refractivity (Wildman–Crippen MR) is 109 cm³/mol. The second-order valence-corrected chi connectivity index (χ2v) is 7.33. The van der Waals surface area contributed by atoms with Gasteiger partial charge in [0.15, 0.2) is 12.4 Å². The van der Waals surface area contributed by atoms with Crippen LogP contribution >= 0.6 is 12.4 Å². The molecule has 0 unspecified atom stereocenters. The van der Waals surface area contributed by atoms with E-state index in [0.29, 0.717) is 30.3 Å². The van der Waals surface area contributed by atoms with Crippen molar-refractivity contribution in [2.24, 2.45) is 0 Å². The molecular weight excluding hydrogens is 394 g/mol. The van der Waals surface area contributed by atoms with Gasteiger partial charge in [0.1, 0.15) is 17.4 Å². The molecule has 0 spiro atoms. The molecule has 0 bridgehead atoms. The van der Waals surface area contributed by atoms with Crippen LogP contribution in [0.1, 0.15) is 47.7 Å². The van der Waals surface area contributed by atoms with Crippen molar-refractivity contribution < 1.29 is 14.3 Å². The monoisotopic (exact) mass is 419 g/mol. The number of Topliss-reactive ketones (excluding diaryl/α,β-unsaturated/α-hetero) is 1. The summed E-state index contributed by atoms with van der Waals surface area (Å²) in [6, 6.07) is 6.93. The molecule has 0 radical (unpaired) electrons. The summed E-state index contributed by atoms with van der Waals surface area (Å²) in [5.74, 6) is 2.89. The lowest BCUT2D eigenvalue weighted by Gasteiger charge is -2.32. The van der Waals surface area contributed by atoms with Crippen molar-refractivity contribution in [3.63, 3.8) is 0 Å². The van der Waals surface area contributed by atoms with E-state index in [0.717, 1.165) is 44.1 Å². The first-order valence-corrected chi connectivity index (χ1v) is 9.76. The van der Waals surface area contributed by atoms with Crippen molar-refractivity contribution in [3.8, 4) is 5.75 Å². The number of hydrogen-bond donors (Lipinski definition) is 1. The Morgan fingerprint density at radius 1 is 1.21 bits per heavy atom. The number of rotatable bonds is 5. The average molecular weight is 420 g/mol. The Kier molecular flexibility index (Phi) is 6.87. The van der Waals surface area contributed by atoms with Crippen molar-refractivity contribution >= 4 is 24.1 Å². The first kappa shape index (κ1) is 21.3. The molecule has 2 aromatic rings. The molecule has 9 heteroatoms. The standard InChI is InChI=1S/C20H25N5O3.ClH/c1-14(26)16-3-2-4-17(11-16)28-13-19(27)24-8-5-15(6-9-24)20-23-22-18-12-21-7-10-25(18)20;/h2-4,11,15,21H,5-10,12-13H2,1H3;1H. The van der Waals surface area contributed by atoms with Crippen molar-refractivity contribution in [2.75, 3.05) is 26.2 Å². The van der Waals surface area contributed by atoms with Gasteiger partial charge in [-0.3, -0.25) is 9.59 Å². The van der Waals surface area contributed by atoms with Crippen LogP contribution in [-0.4, -0.2) is 57.6 Å². The van der Waals surface area contributed by atoms with Gasteiger partial charge in [0.25, 0.3) is 5.91 Å². The molecular formula is C20H26ClN5O3. The van der Waals surface area contributed by atoms with Crippen molar-refractivity contribution in [1.82, 2.24) is 25.0 Å². The Hall–Kier alpha value is -2.45. The zero-order valence-electron chi connectivity index (χ0n) is 16.5. The number of nitrogens with zero attached hydrogens (tertiary/aromatic N) is 4. The van der Waals surface area contributed by atoms with Gasteiger partial charge in [-0.15, -0.1) is 22.6 Å². The highest BCUT2D eigenvalue weighted by Crippen LogP contribution is 2.28. The number of likely N-dealkylation sites (tertiary alicyclic amines) is 1. The molecule has 29 heavy (non-hydrogen) atoms. The Morgan fingerprint density at radius 2 is 2.00 bits per heavy atom. The minimum atomic E-state index is -0.0286. The van der Waals surface area contributed by atoms with Crippen LogP contribution in [0, 0.1) is 0 Å². The van der Waals surface area contributed by atoms with Gasteiger partial charge in [-0.2, -0.15) is 0 Å². The highest BCUT2D eigenvalue weighted by Gasteiger charge is 2.28. The maximum absolute atomic E-state index is 12.5. The molecule has 1 N–H and O–H groups in total. The van der Waals surface area contributed by atoms with E-state index >= 15 is 0 Å². The summed E-state index contributed by atoms with van der Waals surface area (Å²) in [5.41, 5.74) is 0.581. The van der Waals surface area contributed by atoms with E-state index in [2.05, 4.69) is 20.1 Å². The number of nitrogens with one attached hydrogen (secondary N) is 1. The van der Waals surface area contributed by atoms with Gasteiger partial charge in [-0.05, 0) is 31.9 Å². The summed E-state index contributed by atoms with van der Waals surface area (Å²) in [4.78, 5) is 25.8. The van der Waals surface area contributed by atoms with E-state index in [1.165, 1.54) is 6.92 Å². The second-order valence-electron chi connectivity index (χ2n) is 7.33. The summed E-state index contributed by atoms with van der Waals surface area (Å²) >= 11 is 0. The van der Waals surface area contributed by atoms with Crippen LogP contribution in [0.3, 0.4) is 0 Å². The second kappa shape index (κ2) is 9.37. The van der Waals surface area contributed by atoms with Gasteiger partial charge in [-0.1, -0.05) is 12.1 Å². The lowest BCUT2D eigenvalue weighted by molar-refractivity contribution is -0.134. The lowest BCUT2D eigenvalue weighted by atomic mass is 9.95. The van der Waals surface area contributed by atoms with Crippen molar-refractivity contribution in [3.05, 3.63) is 41.5 Å². The Morgan fingerprint density at radius 3 is 2.76 bits per heavy atom. The number of ether oxygens (including phenoxy) is 1. The Balaban J connectivity index is 0.00000240. The molecule has 2 aliphatic heterocycles. The van der Waals surface area contributed by atoms with Crippen LogP contribution < -0.4 is 10.1 Å². The topological polar surface area (TPSA) is 89.4 Å². The van der Waals surface area contributed by atoms with Crippen LogP contribution in [0.15, 0.2) is 24.3 Å². The van der Waals surface area contributed by atoms with Crippen molar-refractivity contribution in [1.29, 1.82) is 0 Å². The van der Waals surface area contributed by atoms with Crippen LogP contribution in [0.25, 0.3) is 0 Å². The van der Waals surface area contributed by atoms with E-state index in [9.17, 15) is 9.59 Å². The number of halogens is 1. The molecule has 4 rings (SSSR count). The maximum Gasteiger partial charge on any atom is 0.260 e. The van der Waals surface area contributed by atoms with E-state index < -0.39 is 0 Å². The molecule has 1 saturated heterocycles. The number of carbonyl (C=O) groups is 2. The minimum absolute atomic E-state index is 0. The molecule has 1 fully saturated rings.